The summed E-state index contributed by atoms with van der Waals surface area (Å²) in [5, 5.41) is 20.9. The van der Waals surface area contributed by atoms with Crippen LogP contribution in [0.2, 0.25) is 0 Å². The lowest BCUT2D eigenvalue weighted by molar-refractivity contribution is -0.141. The summed E-state index contributed by atoms with van der Waals surface area (Å²) >= 11 is 1.33. The summed E-state index contributed by atoms with van der Waals surface area (Å²) in [4.78, 5) is 24.4. The highest BCUT2D eigenvalue weighted by Gasteiger charge is 2.34. The van der Waals surface area contributed by atoms with Crippen LogP contribution in [0, 0.1) is 5.92 Å². The number of nitrogens with zero attached hydrogens (tertiary/aromatic N) is 3. The Morgan fingerprint density at radius 2 is 2.25 bits per heavy atom. The number of nitrogens with one attached hydrogen (secondary N) is 1. The minimum atomic E-state index is -0.963. The highest BCUT2D eigenvalue weighted by molar-refractivity contribution is 7.15. The van der Waals surface area contributed by atoms with Crippen molar-refractivity contribution in [2.45, 2.75) is 39.2 Å². The average Bonchev–Trinajstić information content (AvgIpc) is 2.96. The largest absolute Gasteiger partial charge is 0.480 e. The fourth-order valence-electron chi connectivity index (χ4n) is 2.17. The fourth-order valence-corrected chi connectivity index (χ4v) is 3.11. The average molecular weight is 298 g/mol. The molecule has 1 atom stereocenters. The van der Waals surface area contributed by atoms with Crippen LogP contribution in [0.15, 0.2) is 0 Å². The van der Waals surface area contributed by atoms with Gasteiger partial charge < -0.3 is 10.0 Å². The molecule has 0 aliphatic carbocycles. The molecule has 110 valence electrons. The van der Waals surface area contributed by atoms with Gasteiger partial charge in [0.25, 0.3) is 0 Å². The summed E-state index contributed by atoms with van der Waals surface area (Å²) in [6.45, 7) is 4.63. The third-order valence-electron chi connectivity index (χ3n) is 3.06. The van der Waals surface area contributed by atoms with E-state index in [0.717, 1.165) is 11.4 Å². The number of likely N-dealkylation sites (tertiary alicyclic amines) is 1. The van der Waals surface area contributed by atoms with Crippen LogP contribution in [0.25, 0.3) is 0 Å². The molecule has 2 heterocycles. The summed E-state index contributed by atoms with van der Waals surface area (Å²) in [5.41, 5.74) is 0. The summed E-state index contributed by atoms with van der Waals surface area (Å²) in [6.07, 6.45) is 2.02. The molecule has 1 aromatic rings. The van der Waals surface area contributed by atoms with Crippen molar-refractivity contribution in [3.8, 4) is 0 Å². The maximum absolute atomic E-state index is 12.1. The lowest BCUT2D eigenvalue weighted by atomic mass is 10.1. The van der Waals surface area contributed by atoms with E-state index in [1.807, 2.05) is 0 Å². The van der Waals surface area contributed by atoms with Gasteiger partial charge in [-0.3, -0.25) is 5.32 Å². The number of carbonyl (C=O) groups is 2. The van der Waals surface area contributed by atoms with E-state index >= 15 is 0 Å². The third-order valence-corrected chi connectivity index (χ3v) is 3.92. The zero-order chi connectivity index (χ0) is 14.7. The number of aliphatic carboxylic acids is 1. The first-order chi connectivity index (χ1) is 9.47. The summed E-state index contributed by atoms with van der Waals surface area (Å²) in [6, 6.07) is -1.15. The highest BCUT2D eigenvalue weighted by Crippen LogP contribution is 2.22. The predicted molar refractivity (Wildman–Crippen MR) is 74.8 cm³/mol. The Bertz CT molecular complexity index is 503. The smallest absolute Gasteiger partial charge is 0.326 e. The molecule has 1 saturated heterocycles. The minimum absolute atomic E-state index is 0.415. The Morgan fingerprint density at radius 3 is 2.90 bits per heavy atom. The SMILES string of the molecule is CC(C)Cc1nnc(NC(=O)N2CCCC2C(=O)O)s1. The van der Waals surface area contributed by atoms with E-state index in [1.165, 1.54) is 16.2 Å². The van der Waals surface area contributed by atoms with E-state index in [1.54, 1.807) is 0 Å². The molecule has 2 N–H and O–H groups in total. The van der Waals surface area contributed by atoms with Crippen molar-refractivity contribution in [1.29, 1.82) is 0 Å². The van der Waals surface area contributed by atoms with Crippen LogP contribution in [0.3, 0.4) is 0 Å². The number of carboxylic acids is 1. The van der Waals surface area contributed by atoms with Crippen LogP contribution >= 0.6 is 11.3 Å². The van der Waals surface area contributed by atoms with Crippen LogP contribution in [0.4, 0.5) is 9.93 Å². The number of carboxylic acid groups (broad SMARTS) is 1. The molecule has 0 aromatic carbocycles. The van der Waals surface area contributed by atoms with Crippen molar-refractivity contribution in [2.24, 2.45) is 5.92 Å². The Kier molecular flexibility index (Phi) is 4.53. The van der Waals surface area contributed by atoms with E-state index in [2.05, 4.69) is 29.4 Å². The lowest BCUT2D eigenvalue weighted by Gasteiger charge is -2.20. The second-order valence-corrected chi connectivity index (χ2v) is 6.28. The molecule has 0 saturated carbocycles. The van der Waals surface area contributed by atoms with Gasteiger partial charge in [0.15, 0.2) is 0 Å². The van der Waals surface area contributed by atoms with Gasteiger partial charge in [0, 0.05) is 13.0 Å². The number of carbonyl (C=O) groups excluding carboxylic acids is 1. The second-order valence-electron chi connectivity index (χ2n) is 5.22. The zero-order valence-electron chi connectivity index (χ0n) is 11.5. The maximum atomic E-state index is 12.1. The highest BCUT2D eigenvalue weighted by atomic mass is 32.1. The lowest BCUT2D eigenvalue weighted by Crippen LogP contribution is -2.42. The Hall–Kier alpha value is -1.70. The topological polar surface area (TPSA) is 95.4 Å². The van der Waals surface area contributed by atoms with E-state index in [0.29, 0.717) is 30.4 Å². The monoisotopic (exact) mass is 298 g/mol. The second kappa shape index (κ2) is 6.17. The molecule has 0 bridgehead atoms. The Labute approximate surface area is 121 Å². The van der Waals surface area contributed by atoms with Gasteiger partial charge in [0.05, 0.1) is 0 Å². The van der Waals surface area contributed by atoms with Crippen molar-refractivity contribution in [3.05, 3.63) is 5.01 Å². The number of aromatic nitrogens is 2. The van der Waals surface area contributed by atoms with Crippen molar-refractivity contribution in [2.75, 3.05) is 11.9 Å². The predicted octanol–water partition coefficient (Wildman–Crippen LogP) is 1.82. The number of urea groups is 1. The first kappa shape index (κ1) is 14.7. The van der Waals surface area contributed by atoms with Gasteiger partial charge in [-0.05, 0) is 18.8 Å². The van der Waals surface area contributed by atoms with Crippen molar-refractivity contribution < 1.29 is 14.7 Å². The van der Waals surface area contributed by atoms with E-state index in [9.17, 15) is 9.59 Å². The summed E-state index contributed by atoms with van der Waals surface area (Å²) in [5.74, 6) is -0.489. The fraction of sp³-hybridized carbons (Fsp3) is 0.667. The Morgan fingerprint density at radius 1 is 1.50 bits per heavy atom. The van der Waals surface area contributed by atoms with Gasteiger partial charge in [-0.1, -0.05) is 25.2 Å². The number of hydrogen-bond acceptors (Lipinski definition) is 5. The molecule has 2 amide bonds. The molecule has 8 heteroatoms. The van der Waals surface area contributed by atoms with Crippen LogP contribution in [0.5, 0.6) is 0 Å². The molecule has 1 unspecified atom stereocenters. The molecule has 1 aliphatic heterocycles. The van der Waals surface area contributed by atoms with Gasteiger partial charge in [0.1, 0.15) is 11.0 Å². The van der Waals surface area contributed by atoms with Crippen LogP contribution in [0.1, 0.15) is 31.7 Å². The molecule has 1 aromatic heterocycles. The van der Waals surface area contributed by atoms with E-state index in [-0.39, 0.29) is 0 Å². The quantitative estimate of drug-likeness (QED) is 0.884. The number of amides is 2. The number of hydrogen-bond donors (Lipinski definition) is 2. The maximum Gasteiger partial charge on any atom is 0.326 e. The zero-order valence-corrected chi connectivity index (χ0v) is 12.3. The molecule has 7 nitrogen and oxygen atoms in total. The summed E-state index contributed by atoms with van der Waals surface area (Å²) in [7, 11) is 0. The van der Waals surface area contributed by atoms with E-state index in [4.69, 9.17) is 5.11 Å². The Balaban J connectivity index is 1.97. The van der Waals surface area contributed by atoms with Gasteiger partial charge in [0.2, 0.25) is 5.13 Å². The molecule has 0 radical (unpaired) electrons. The van der Waals surface area contributed by atoms with Crippen molar-refractivity contribution in [1.82, 2.24) is 15.1 Å². The van der Waals surface area contributed by atoms with E-state index < -0.39 is 18.0 Å². The first-order valence-electron chi connectivity index (χ1n) is 6.60. The molecule has 1 fully saturated rings. The molecule has 0 spiro atoms. The van der Waals surface area contributed by atoms with Crippen LogP contribution < -0.4 is 5.32 Å². The molecular weight excluding hydrogens is 280 g/mol. The van der Waals surface area contributed by atoms with Crippen molar-refractivity contribution in [3.63, 3.8) is 0 Å². The van der Waals surface area contributed by atoms with Gasteiger partial charge >= 0.3 is 12.0 Å². The van der Waals surface area contributed by atoms with Crippen LogP contribution in [-0.4, -0.2) is 44.8 Å². The number of anilines is 1. The van der Waals surface area contributed by atoms with Gasteiger partial charge in [-0.2, -0.15) is 0 Å². The van der Waals surface area contributed by atoms with Crippen LogP contribution in [-0.2, 0) is 11.2 Å². The molecule has 20 heavy (non-hydrogen) atoms. The normalized spacial score (nSPS) is 18.6. The molecule has 2 rings (SSSR count). The first-order valence-corrected chi connectivity index (χ1v) is 7.42. The van der Waals surface area contributed by atoms with Crippen molar-refractivity contribution >= 4 is 28.5 Å². The minimum Gasteiger partial charge on any atom is -0.480 e. The standard InChI is InChI=1S/C12H18N4O3S/c1-7(2)6-9-14-15-11(20-9)13-12(19)16-5-3-4-8(16)10(17)18/h7-8H,3-6H2,1-2H3,(H,17,18)(H,13,15,19). The molecule has 1 aliphatic rings. The number of rotatable bonds is 4. The summed E-state index contributed by atoms with van der Waals surface area (Å²) < 4.78 is 0. The molecular formula is C12H18N4O3S. The van der Waals surface area contributed by atoms with Gasteiger partial charge in [-0.15, -0.1) is 10.2 Å². The van der Waals surface area contributed by atoms with Gasteiger partial charge in [-0.25, -0.2) is 9.59 Å². The third kappa shape index (κ3) is 3.44.